The highest BCUT2D eigenvalue weighted by Crippen LogP contribution is 2.36. The Morgan fingerprint density at radius 3 is 2.17 bits per heavy atom. The number of sulfonamides is 1. The zero-order valence-corrected chi connectivity index (χ0v) is 22.8. The van der Waals surface area contributed by atoms with Crippen LogP contribution in [0.1, 0.15) is 65.6 Å². The summed E-state index contributed by atoms with van der Waals surface area (Å²) in [5.41, 5.74) is 2.38. The zero-order chi connectivity index (χ0) is 23.5. The molecule has 0 bridgehead atoms. The quantitative estimate of drug-likeness (QED) is 0.504. The molecule has 9 heteroatoms. The van der Waals surface area contributed by atoms with Crippen LogP contribution in [0.5, 0.6) is 0 Å². The second-order valence-electron chi connectivity index (χ2n) is 10.4. The standard InChI is InChI=1S/C21H40N2O4S2Si/c1-16(22-28(24)20(2,3)4)17-11-12-19(23-29(8,25)26)18(15-17)13-14-27-30(9,10)21(5,6)7/h11-12,15-16,22-23H,13-14H2,1-10H3/t16-,28?/m1/s1. The summed E-state index contributed by atoms with van der Waals surface area (Å²) >= 11 is 0. The van der Waals surface area contributed by atoms with Crippen molar-refractivity contribution in [2.75, 3.05) is 17.6 Å². The van der Waals surface area contributed by atoms with Crippen molar-refractivity contribution in [3.05, 3.63) is 29.3 Å². The van der Waals surface area contributed by atoms with Crippen LogP contribution in [0.2, 0.25) is 18.1 Å². The van der Waals surface area contributed by atoms with Crippen molar-refractivity contribution in [3.63, 3.8) is 0 Å². The second-order valence-corrected chi connectivity index (χ2v) is 18.9. The summed E-state index contributed by atoms with van der Waals surface area (Å²) in [6.45, 7) is 19.2. The molecule has 1 unspecified atom stereocenters. The summed E-state index contributed by atoms with van der Waals surface area (Å²) in [5.74, 6) is 0. The SMILES string of the molecule is C[C@@H](NS(=O)C(C)(C)C)c1ccc(NS(C)(=O)=O)c(CCO[Si](C)(C)C(C)(C)C)c1. The average molecular weight is 477 g/mol. The average Bonchev–Trinajstić information content (AvgIpc) is 2.52. The van der Waals surface area contributed by atoms with Gasteiger partial charge >= 0.3 is 0 Å². The highest BCUT2D eigenvalue weighted by molar-refractivity contribution is 7.92. The fourth-order valence-electron chi connectivity index (χ4n) is 2.43. The molecular weight excluding hydrogens is 436 g/mol. The van der Waals surface area contributed by atoms with E-state index >= 15 is 0 Å². The largest absolute Gasteiger partial charge is 0.416 e. The number of hydrogen-bond acceptors (Lipinski definition) is 4. The Bertz CT molecular complexity index is 857. The van der Waals surface area contributed by atoms with Crippen LogP contribution in [0.4, 0.5) is 5.69 Å². The maximum absolute atomic E-state index is 12.5. The first-order chi connectivity index (χ1) is 13.3. The van der Waals surface area contributed by atoms with E-state index in [1.807, 2.05) is 39.8 Å². The van der Waals surface area contributed by atoms with Gasteiger partial charge in [-0.15, -0.1) is 0 Å². The number of benzene rings is 1. The topological polar surface area (TPSA) is 84.5 Å². The molecule has 0 saturated carbocycles. The van der Waals surface area contributed by atoms with Crippen LogP contribution in [0.15, 0.2) is 18.2 Å². The van der Waals surface area contributed by atoms with Crippen LogP contribution in [-0.2, 0) is 31.9 Å². The van der Waals surface area contributed by atoms with E-state index in [9.17, 15) is 12.6 Å². The van der Waals surface area contributed by atoms with Gasteiger partial charge in [0.15, 0.2) is 8.32 Å². The molecule has 1 rings (SSSR count). The third-order valence-electron chi connectivity index (χ3n) is 5.41. The Kier molecular flexibility index (Phi) is 8.93. The van der Waals surface area contributed by atoms with E-state index in [1.54, 1.807) is 6.07 Å². The van der Waals surface area contributed by atoms with E-state index in [1.165, 1.54) is 0 Å². The molecular formula is C21H40N2O4S2Si. The van der Waals surface area contributed by atoms with Crippen molar-refractivity contribution in [1.82, 2.24) is 4.72 Å². The molecule has 174 valence electrons. The first-order valence-electron chi connectivity index (χ1n) is 10.3. The van der Waals surface area contributed by atoms with Crippen molar-refractivity contribution in [2.24, 2.45) is 0 Å². The summed E-state index contributed by atoms with van der Waals surface area (Å²) in [6, 6.07) is 5.47. The van der Waals surface area contributed by atoms with E-state index < -0.39 is 29.3 Å². The summed E-state index contributed by atoms with van der Waals surface area (Å²) in [4.78, 5) is 0. The minimum atomic E-state index is -3.39. The highest BCUT2D eigenvalue weighted by atomic mass is 32.2. The van der Waals surface area contributed by atoms with Gasteiger partial charge in [-0.25, -0.2) is 17.3 Å². The van der Waals surface area contributed by atoms with Crippen molar-refractivity contribution in [1.29, 1.82) is 0 Å². The molecule has 0 amide bonds. The van der Waals surface area contributed by atoms with Crippen LogP contribution in [0, 0.1) is 0 Å². The highest BCUT2D eigenvalue weighted by Gasteiger charge is 2.36. The van der Waals surface area contributed by atoms with Crippen LogP contribution in [0.25, 0.3) is 0 Å². The molecule has 2 N–H and O–H groups in total. The third kappa shape index (κ3) is 8.41. The van der Waals surface area contributed by atoms with Gasteiger partial charge in [0.25, 0.3) is 0 Å². The van der Waals surface area contributed by atoms with Gasteiger partial charge in [0, 0.05) is 12.6 Å². The van der Waals surface area contributed by atoms with Gasteiger partial charge < -0.3 is 4.43 Å². The van der Waals surface area contributed by atoms with Gasteiger partial charge in [-0.3, -0.25) is 4.72 Å². The van der Waals surface area contributed by atoms with Crippen LogP contribution in [-0.4, -0.2) is 38.6 Å². The molecule has 1 aromatic carbocycles. The number of rotatable bonds is 9. The smallest absolute Gasteiger partial charge is 0.229 e. The molecule has 30 heavy (non-hydrogen) atoms. The number of hydrogen-bond donors (Lipinski definition) is 2. The van der Waals surface area contributed by atoms with Gasteiger partial charge in [-0.05, 0) is 69.4 Å². The predicted molar refractivity (Wildman–Crippen MR) is 131 cm³/mol. The lowest BCUT2D eigenvalue weighted by Crippen LogP contribution is -2.41. The van der Waals surface area contributed by atoms with E-state index in [0.717, 1.165) is 17.4 Å². The van der Waals surface area contributed by atoms with E-state index in [-0.39, 0.29) is 15.8 Å². The summed E-state index contributed by atoms with van der Waals surface area (Å²) in [6.07, 6.45) is 1.74. The van der Waals surface area contributed by atoms with Crippen LogP contribution >= 0.6 is 0 Å². The Hall–Kier alpha value is -0.743. The summed E-state index contributed by atoms with van der Waals surface area (Å²) in [5, 5.41) is 0.109. The Morgan fingerprint density at radius 1 is 1.13 bits per heavy atom. The van der Waals surface area contributed by atoms with Gasteiger partial charge in [0.1, 0.15) is 0 Å². The normalized spacial score (nSPS) is 15.7. The van der Waals surface area contributed by atoms with Crippen molar-refractivity contribution in [2.45, 2.75) is 83.8 Å². The molecule has 0 saturated heterocycles. The van der Waals surface area contributed by atoms with Crippen molar-refractivity contribution in [3.8, 4) is 0 Å². The molecule has 0 aliphatic rings. The van der Waals surface area contributed by atoms with Gasteiger partial charge in [-0.1, -0.05) is 32.9 Å². The Balaban J connectivity index is 3.10. The second kappa shape index (κ2) is 9.81. The maximum atomic E-state index is 12.5. The molecule has 0 radical (unpaired) electrons. The minimum Gasteiger partial charge on any atom is -0.416 e. The molecule has 0 fully saturated rings. The lowest BCUT2D eigenvalue weighted by molar-refractivity contribution is 0.292. The fraction of sp³-hybridized carbons (Fsp3) is 0.714. The predicted octanol–water partition coefficient (Wildman–Crippen LogP) is 4.74. The molecule has 2 atom stereocenters. The van der Waals surface area contributed by atoms with Gasteiger partial charge in [0.2, 0.25) is 10.0 Å². The Labute approximate surface area is 187 Å². The Morgan fingerprint density at radius 2 is 1.70 bits per heavy atom. The van der Waals surface area contributed by atoms with E-state index in [2.05, 4.69) is 43.3 Å². The van der Waals surface area contributed by atoms with E-state index in [4.69, 9.17) is 4.43 Å². The van der Waals surface area contributed by atoms with Gasteiger partial charge in [0.05, 0.1) is 27.7 Å². The molecule has 6 nitrogen and oxygen atoms in total. The van der Waals surface area contributed by atoms with E-state index in [0.29, 0.717) is 18.7 Å². The fourth-order valence-corrected chi connectivity index (χ4v) is 4.88. The first kappa shape index (κ1) is 27.3. The molecule has 0 spiro atoms. The molecule has 0 aromatic heterocycles. The molecule has 0 aliphatic heterocycles. The summed E-state index contributed by atoms with van der Waals surface area (Å²) in [7, 11) is -6.49. The molecule has 0 heterocycles. The minimum absolute atomic E-state index is 0.109. The summed E-state index contributed by atoms with van der Waals surface area (Å²) < 4.78 is 47.7. The molecule has 0 aliphatic carbocycles. The monoisotopic (exact) mass is 476 g/mol. The lowest BCUT2D eigenvalue weighted by atomic mass is 10.0. The number of anilines is 1. The van der Waals surface area contributed by atoms with Gasteiger partial charge in [-0.2, -0.15) is 0 Å². The number of nitrogens with one attached hydrogen (secondary N) is 2. The lowest BCUT2D eigenvalue weighted by Gasteiger charge is -2.36. The van der Waals surface area contributed by atoms with Crippen LogP contribution in [0.3, 0.4) is 0 Å². The zero-order valence-electron chi connectivity index (χ0n) is 20.2. The van der Waals surface area contributed by atoms with Crippen LogP contribution < -0.4 is 9.44 Å². The third-order valence-corrected chi connectivity index (χ3v) is 12.2. The maximum Gasteiger partial charge on any atom is 0.229 e. The van der Waals surface area contributed by atoms with Crippen molar-refractivity contribution < 1.29 is 17.1 Å². The first-order valence-corrected chi connectivity index (χ1v) is 16.2. The van der Waals surface area contributed by atoms with Crippen molar-refractivity contribution >= 4 is 35.0 Å². The molecule has 1 aromatic rings.